The highest BCUT2D eigenvalue weighted by molar-refractivity contribution is 5.85. The van der Waals surface area contributed by atoms with Crippen LogP contribution in [0.4, 0.5) is 10.5 Å². The topological polar surface area (TPSA) is 139 Å². The Morgan fingerprint density at radius 2 is 1.82 bits per heavy atom. The van der Waals surface area contributed by atoms with Crippen LogP contribution in [0.3, 0.4) is 0 Å². The Balaban J connectivity index is 1.46. The van der Waals surface area contributed by atoms with Crippen molar-refractivity contribution in [3.8, 4) is 11.5 Å². The predicted octanol–water partition coefficient (Wildman–Crippen LogP) is 4.11. The number of carbonyl (C=O) groups excluding carboxylic acids is 2. The molecule has 1 aromatic heterocycles. The molecule has 39 heavy (non-hydrogen) atoms. The molecular weight excluding hydrogens is 504 g/mol. The van der Waals surface area contributed by atoms with Crippen LogP contribution in [-0.4, -0.2) is 55.2 Å². The molecule has 2 aliphatic rings. The number of nitrogens with one attached hydrogen (secondary N) is 2. The number of benzene rings is 1. The van der Waals surface area contributed by atoms with Crippen LogP contribution in [0.15, 0.2) is 41.0 Å². The average molecular weight is 545 g/mol. The molecule has 2 amide bonds. The zero-order valence-corrected chi connectivity index (χ0v) is 23.1. The second kappa shape index (κ2) is 11.9. The van der Waals surface area contributed by atoms with Gasteiger partial charge in [0.15, 0.2) is 0 Å². The van der Waals surface area contributed by atoms with Crippen molar-refractivity contribution in [2.75, 3.05) is 26.1 Å². The van der Waals surface area contributed by atoms with Gasteiger partial charge in [-0.25, -0.2) is 4.79 Å². The maximum atomic E-state index is 13.0. The Labute approximate surface area is 229 Å². The fourth-order valence-electron chi connectivity index (χ4n) is 6.81. The molecule has 0 aliphatic heterocycles. The van der Waals surface area contributed by atoms with E-state index in [0.29, 0.717) is 48.6 Å². The SMILES string of the molecule is COc1cc(NC(=O)O[C@@H]2CC[C@]3(C)C(CC[C@@H](O)[C@H]3CC(=O)NCc3ccco3)[C@]2(C)CO)cc(OC)c1. The molecule has 0 spiro atoms. The molecule has 214 valence electrons. The Morgan fingerprint density at radius 1 is 1.10 bits per heavy atom. The lowest BCUT2D eigenvalue weighted by atomic mass is 9.46. The number of fused-ring (bicyclic) bond motifs is 1. The number of hydrogen-bond acceptors (Lipinski definition) is 8. The van der Waals surface area contributed by atoms with Crippen molar-refractivity contribution in [2.45, 2.75) is 64.7 Å². The monoisotopic (exact) mass is 544 g/mol. The van der Waals surface area contributed by atoms with Crippen molar-refractivity contribution in [2.24, 2.45) is 22.7 Å². The van der Waals surface area contributed by atoms with Crippen LogP contribution < -0.4 is 20.1 Å². The third-order valence-electron chi connectivity index (χ3n) is 8.97. The van der Waals surface area contributed by atoms with Crippen LogP contribution in [-0.2, 0) is 16.1 Å². The Hall–Kier alpha value is -3.24. The van der Waals surface area contributed by atoms with Crippen LogP contribution >= 0.6 is 0 Å². The lowest BCUT2D eigenvalue weighted by molar-refractivity contribution is -0.185. The highest BCUT2D eigenvalue weighted by Crippen LogP contribution is 2.61. The van der Waals surface area contributed by atoms with Crippen molar-refractivity contribution >= 4 is 17.7 Å². The molecule has 0 saturated heterocycles. The van der Waals surface area contributed by atoms with E-state index >= 15 is 0 Å². The maximum absolute atomic E-state index is 13.0. The summed E-state index contributed by atoms with van der Waals surface area (Å²) in [6, 6.07) is 8.59. The molecule has 0 radical (unpaired) electrons. The van der Waals surface area contributed by atoms with Gasteiger partial charge in [-0.3, -0.25) is 10.1 Å². The Bertz CT molecular complexity index is 1120. The van der Waals surface area contributed by atoms with E-state index in [1.807, 2.05) is 6.92 Å². The van der Waals surface area contributed by atoms with Gasteiger partial charge in [-0.05, 0) is 55.1 Å². The van der Waals surface area contributed by atoms with E-state index in [2.05, 4.69) is 17.6 Å². The standard InChI is InChI=1S/C29H40N2O8/c1-28-10-9-25(39-27(35)31-18-12-20(36-3)14-21(13-18)37-4)29(2,17-32)24(28)8-7-23(33)22(28)15-26(34)30-16-19-6-5-11-38-19/h5-6,11-14,22-25,32-33H,7-10,15-17H2,1-4H3,(H,30,34)(H,31,35)/t22-,23-,24?,25-,28+,29+/m1/s1. The number of aliphatic hydroxyl groups is 2. The van der Waals surface area contributed by atoms with Crippen LogP contribution in [0.1, 0.15) is 51.7 Å². The maximum Gasteiger partial charge on any atom is 0.411 e. The molecular formula is C29H40N2O8. The normalized spacial score (nSPS) is 30.1. The quantitative estimate of drug-likeness (QED) is 0.370. The lowest BCUT2D eigenvalue weighted by Crippen LogP contribution is -2.61. The lowest BCUT2D eigenvalue weighted by Gasteiger charge is -2.60. The summed E-state index contributed by atoms with van der Waals surface area (Å²) in [6.45, 7) is 4.13. The number of methoxy groups -OCH3 is 2. The number of furan rings is 1. The summed E-state index contributed by atoms with van der Waals surface area (Å²) in [6.07, 6.45) is 2.22. The number of rotatable bonds is 9. The highest BCUT2D eigenvalue weighted by Gasteiger charge is 2.60. The summed E-state index contributed by atoms with van der Waals surface area (Å²) in [4.78, 5) is 25.8. The summed E-state index contributed by atoms with van der Waals surface area (Å²) >= 11 is 0. The van der Waals surface area contributed by atoms with Gasteiger partial charge in [0, 0.05) is 30.0 Å². The minimum atomic E-state index is -0.751. The number of aliphatic hydroxyl groups excluding tert-OH is 2. The average Bonchev–Trinajstić information content (AvgIpc) is 3.45. The van der Waals surface area contributed by atoms with Crippen molar-refractivity contribution in [3.63, 3.8) is 0 Å². The van der Waals surface area contributed by atoms with E-state index < -0.39 is 29.1 Å². The fourth-order valence-corrected chi connectivity index (χ4v) is 6.81. The van der Waals surface area contributed by atoms with Crippen LogP contribution in [0.5, 0.6) is 11.5 Å². The van der Waals surface area contributed by atoms with E-state index in [1.165, 1.54) is 14.2 Å². The first-order valence-electron chi connectivity index (χ1n) is 13.4. The van der Waals surface area contributed by atoms with Gasteiger partial charge in [0.2, 0.25) is 5.91 Å². The second-order valence-corrected chi connectivity index (χ2v) is 11.2. The summed E-state index contributed by atoms with van der Waals surface area (Å²) in [5, 5.41) is 27.3. The molecule has 4 N–H and O–H groups in total. The molecule has 0 bridgehead atoms. The van der Waals surface area contributed by atoms with E-state index in [4.69, 9.17) is 18.6 Å². The molecule has 2 aliphatic carbocycles. The smallest absolute Gasteiger partial charge is 0.411 e. The molecule has 1 aromatic carbocycles. The van der Waals surface area contributed by atoms with Crippen molar-refractivity contribution < 1.29 is 38.4 Å². The minimum Gasteiger partial charge on any atom is -0.497 e. The molecule has 1 heterocycles. The Kier molecular flexibility index (Phi) is 8.76. The van der Waals surface area contributed by atoms with Crippen molar-refractivity contribution in [1.82, 2.24) is 5.32 Å². The summed E-state index contributed by atoms with van der Waals surface area (Å²) in [5.41, 5.74) is -0.711. The number of anilines is 1. The van der Waals surface area contributed by atoms with Gasteiger partial charge >= 0.3 is 6.09 Å². The largest absolute Gasteiger partial charge is 0.497 e. The van der Waals surface area contributed by atoms with Gasteiger partial charge in [-0.2, -0.15) is 0 Å². The molecule has 1 unspecified atom stereocenters. The molecule has 10 nitrogen and oxygen atoms in total. The van der Waals surface area contributed by atoms with E-state index in [1.54, 1.807) is 36.6 Å². The third kappa shape index (κ3) is 6.01. The summed E-state index contributed by atoms with van der Waals surface area (Å²) in [7, 11) is 3.05. The van der Waals surface area contributed by atoms with Gasteiger partial charge in [0.05, 0.1) is 45.4 Å². The van der Waals surface area contributed by atoms with Gasteiger partial charge < -0.3 is 34.2 Å². The zero-order chi connectivity index (χ0) is 28.2. The predicted molar refractivity (Wildman–Crippen MR) is 143 cm³/mol. The number of ether oxygens (including phenoxy) is 3. The zero-order valence-electron chi connectivity index (χ0n) is 23.1. The number of hydrogen-bond donors (Lipinski definition) is 4. The molecule has 6 atom stereocenters. The molecule has 2 saturated carbocycles. The summed E-state index contributed by atoms with van der Waals surface area (Å²) < 4.78 is 21.8. The van der Waals surface area contributed by atoms with Crippen LogP contribution in [0.2, 0.25) is 0 Å². The van der Waals surface area contributed by atoms with Gasteiger partial charge in [0.1, 0.15) is 23.4 Å². The fraction of sp³-hybridized carbons (Fsp3) is 0.586. The van der Waals surface area contributed by atoms with E-state index in [0.717, 1.165) is 0 Å². The van der Waals surface area contributed by atoms with E-state index in [-0.39, 0.29) is 37.3 Å². The minimum absolute atomic E-state index is 0.0651. The number of amides is 2. The first-order chi connectivity index (χ1) is 18.6. The van der Waals surface area contributed by atoms with E-state index in [9.17, 15) is 19.8 Å². The van der Waals surface area contributed by atoms with Crippen LogP contribution in [0.25, 0.3) is 0 Å². The molecule has 4 rings (SSSR count). The molecule has 2 fully saturated rings. The first kappa shape index (κ1) is 28.8. The van der Waals surface area contributed by atoms with Gasteiger partial charge in [-0.1, -0.05) is 13.8 Å². The van der Waals surface area contributed by atoms with Crippen LogP contribution in [0, 0.1) is 22.7 Å². The van der Waals surface area contributed by atoms with Gasteiger partial charge in [0.25, 0.3) is 0 Å². The third-order valence-corrected chi connectivity index (χ3v) is 8.97. The first-order valence-corrected chi connectivity index (χ1v) is 13.4. The Morgan fingerprint density at radius 3 is 2.44 bits per heavy atom. The number of carbonyl (C=O) groups is 2. The van der Waals surface area contributed by atoms with Crippen molar-refractivity contribution in [1.29, 1.82) is 0 Å². The molecule has 2 aromatic rings. The summed E-state index contributed by atoms with van der Waals surface area (Å²) in [5.74, 6) is 1.20. The second-order valence-electron chi connectivity index (χ2n) is 11.2. The molecule has 10 heteroatoms. The van der Waals surface area contributed by atoms with Crippen molar-refractivity contribution in [3.05, 3.63) is 42.4 Å². The highest BCUT2D eigenvalue weighted by atomic mass is 16.6. The van der Waals surface area contributed by atoms with Gasteiger partial charge in [-0.15, -0.1) is 0 Å².